The SMILES string of the molecule is CCC1C2CCC(N(C)C(=O)OC(C)(C)C)(CO2)c2nc(C(=O)CCc3ccc(F)cc3)c(O)c(=O)n21. The number of fused-ring (bicyclic) bond motifs is 2. The van der Waals surface area contributed by atoms with E-state index in [-0.39, 0.29) is 42.9 Å². The Labute approximate surface area is 215 Å². The molecule has 1 amide bonds. The summed E-state index contributed by atoms with van der Waals surface area (Å²) < 4.78 is 26.4. The number of aromatic nitrogens is 2. The molecule has 2 bridgehead atoms. The molecule has 37 heavy (non-hydrogen) atoms. The van der Waals surface area contributed by atoms with E-state index in [1.807, 2.05) is 6.92 Å². The van der Waals surface area contributed by atoms with Gasteiger partial charge >= 0.3 is 6.09 Å². The van der Waals surface area contributed by atoms with Gasteiger partial charge in [0.05, 0.1) is 18.8 Å². The summed E-state index contributed by atoms with van der Waals surface area (Å²) in [5, 5.41) is 10.8. The molecule has 0 radical (unpaired) electrons. The number of nitrogens with zero attached hydrogens (tertiary/aromatic N) is 3. The average molecular weight is 516 g/mol. The topological polar surface area (TPSA) is 111 Å². The third kappa shape index (κ3) is 4.99. The number of ketones is 1. The van der Waals surface area contributed by atoms with Gasteiger partial charge < -0.3 is 14.6 Å². The molecule has 1 N–H and O–H groups in total. The first-order valence-corrected chi connectivity index (χ1v) is 12.6. The lowest BCUT2D eigenvalue weighted by atomic mass is 9.88. The Bertz CT molecular complexity index is 1240. The van der Waals surface area contributed by atoms with Gasteiger partial charge in [-0.2, -0.15) is 0 Å². The maximum Gasteiger partial charge on any atom is 0.410 e. The number of amides is 1. The number of hydrogen-bond donors (Lipinski definition) is 1. The zero-order chi connectivity index (χ0) is 27.1. The second kappa shape index (κ2) is 9.89. The van der Waals surface area contributed by atoms with E-state index >= 15 is 0 Å². The summed E-state index contributed by atoms with van der Waals surface area (Å²) in [6, 6.07) is 5.35. The molecule has 1 saturated heterocycles. The molecule has 10 heteroatoms. The monoisotopic (exact) mass is 515 g/mol. The average Bonchev–Trinajstić information content (AvgIpc) is 3.07. The van der Waals surface area contributed by atoms with E-state index in [1.54, 1.807) is 40.0 Å². The number of carbonyl (C=O) groups is 2. The maximum atomic E-state index is 13.5. The number of Topliss-reactive ketones (excluding diaryl/α,β-unsaturated/α-hetero) is 1. The van der Waals surface area contributed by atoms with Gasteiger partial charge in [-0.25, -0.2) is 14.2 Å². The van der Waals surface area contributed by atoms with Crippen molar-refractivity contribution >= 4 is 11.9 Å². The van der Waals surface area contributed by atoms with E-state index in [0.29, 0.717) is 19.3 Å². The molecule has 5 rings (SSSR count). The molecule has 1 fully saturated rings. The molecule has 3 aliphatic heterocycles. The summed E-state index contributed by atoms with van der Waals surface area (Å²) in [7, 11) is 1.57. The second-order valence-corrected chi connectivity index (χ2v) is 10.8. The van der Waals surface area contributed by atoms with Crippen molar-refractivity contribution in [1.29, 1.82) is 0 Å². The van der Waals surface area contributed by atoms with Gasteiger partial charge in [0.1, 0.15) is 22.8 Å². The molecule has 3 unspecified atom stereocenters. The highest BCUT2D eigenvalue weighted by Gasteiger charge is 2.53. The lowest BCUT2D eigenvalue weighted by Crippen LogP contribution is -2.55. The number of carbonyl (C=O) groups excluding carboxylic acids is 2. The van der Waals surface area contributed by atoms with Crippen LogP contribution >= 0.6 is 0 Å². The van der Waals surface area contributed by atoms with E-state index in [4.69, 9.17) is 9.47 Å². The molecule has 9 nitrogen and oxygen atoms in total. The molecule has 1 aromatic heterocycles. The van der Waals surface area contributed by atoms with Crippen LogP contribution in [-0.2, 0) is 21.4 Å². The quantitative estimate of drug-likeness (QED) is 0.577. The lowest BCUT2D eigenvalue weighted by molar-refractivity contribution is -0.0889. The van der Waals surface area contributed by atoms with Crippen molar-refractivity contribution in [3.63, 3.8) is 0 Å². The van der Waals surface area contributed by atoms with E-state index in [1.165, 1.54) is 21.6 Å². The number of hydrogen-bond acceptors (Lipinski definition) is 7. The van der Waals surface area contributed by atoms with Gasteiger partial charge in [0.2, 0.25) is 5.75 Å². The summed E-state index contributed by atoms with van der Waals surface area (Å²) in [4.78, 5) is 45.9. The largest absolute Gasteiger partial charge is 0.501 e. The molecular formula is C27H34FN3O6. The van der Waals surface area contributed by atoms with Crippen LogP contribution in [0.3, 0.4) is 0 Å². The number of aryl methyl sites for hydroxylation is 1. The van der Waals surface area contributed by atoms with Crippen LogP contribution in [-0.4, -0.2) is 56.8 Å². The number of ether oxygens (including phenoxy) is 2. The van der Waals surface area contributed by atoms with Crippen molar-refractivity contribution in [2.75, 3.05) is 13.7 Å². The minimum atomic E-state index is -1.17. The first kappa shape index (κ1) is 26.8. The van der Waals surface area contributed by atoms with Crippen molar-refractivity contribution in [1.82, 2.24) is 14.5 Å². The molecule has 2 aromatic rings. The van der Waals surface area contributed by atoms with Gasteiger partial charge in [-0.1, -0.05) is 19.1 Å². The molecule has 4 heterocycles. The van der Waals surface area contributed by atoms with Gasteiger partial charge in [0.15, 0.2) is 11.5 Å². The van der Waals surface area contributed by atoms with Crippen LogP contribution in [0.4, 0.5) is 9.18 Å². The first-order chi connectivity index (χ1) is 17.4. The Morgan fingerprint density at radius 1 is 1.30 bits per heavy atom. The van der Waals surface area contributed by atoms with Gasteiger partial charge in [-0.15, -0.1) is 0 Å². The fourth-order valence-electron chi connectivity index (χ4n) is 5.17. The van der Waals surface area contributed by atoms with Gasteiger partial charge in [0.25, 0.3) is 5.56 Å². The van der Waals surface area contributed by atoms with Crippen molar-refractivity contribution in [3.8, 4) is 5.75 Å². The number of benzene rings is 1. The van der Waals surface area contributed by atoms with Crippen LogP contribution in [0.1, 0.15) is 81.3 Å². The van der Waals surface area contributed by atoms with E-state index in [2.05, 4.69) is 4.98 Å². The summed E-state index contributed by atoms with van der Waals surface area (Å²) in [5.74, 6) is -1.41. The molecular weight excluding hydrogens is 481 g/mol. The molecule has 200 valence electrons. The Morgan fingerprint density at radius 3 is 2.54 bits per heavy atom. The Morgan fingerprint density at radius 2 is 1.97 bits per heavy atom. The van der Waals surface area contributed by atoms with Crippen molar-refractivity contribution < 1.29 is 28.6 Å². The fraction of sp³-hybridized carbons (Fsp3) is 0.556. The van der Waals surface area contributed by atoms with Crippen LogP contribution in [0.5, 0.6) is 5.75 Å². The Balaban J connectivity index is 1.79. The van der Waals surface area contributed by atoms with E-state index < -0.39 is 40.4 Å². The van der Waals surface area contributed by atoms with Crippen LogP contribution in [0.25, 0.3) is 0 Å². The highest BCUT2D eigenvalue weighted by molar-refractivity contribution is 5.96. The highest BCUT2D eigenvalue weighted by atomic mass is 19.1. The van der Waals surface area contributed by atoms with Crippen molar-refractivity contribution in [2.24, 2.45) is 0 Å². The summed E-state index contributed by atoms with van der Waals surface area (Å²) in [6.45, 7) is 7.26. The maximum absolute atomic E-state index is 13.5. The molecule has 1 aromatic carbocycles. The Hall–Kier alpha value is -3.27. The lowest BCUT2D eigenvalue weighted by Gasteiger charge is -2.43. The zero-order valence-electron chi connectivity index (χ0n) is 21.9. The third-order valence-corrected chi connectivity index (χ3v) is 7.19. The van der Waals surface area contributed by atoms with Gasteiger partial charge in [-0.3, -0.25) is 19.1 Å². The van der Waals surface area contributed by atoms with Crippen molar-refractivity contribution in [3.05, 3.63) is 57.5 Å². The molecule has 0 saturated carbocycles. The molecule has 0 aliphatic carbocycles. The number of halogens is 1. The normalized spacial score (nSPS) is 22.8. The first-order valence-electron chi connectivity index (χ1n) is 12.6. The van der Waals surface area contributed by atoms with Crippen LogP contribution in [0.15, 0.2) is 29.1 Å². The minimum absolute atomic E-state index is 0.0413. The summed E-state index contributed by atoms with van der Waals surface area (Å²) >= 11 is 0. The molecule has 0 spiro atoms. The number of likely N-dealkylation sites (N-methyl/N-ethyl adjacent to an activating group) is 1. The number of rotatable bonds is 6. The van der Waals surface area contributed by atoms with Gasteiger partial charge in [0, 0.05) is 13.5 Å². The van der Waals surface area contributed by atoms with Gasteiger partial charge in [-0.05, 0) is 64.2 Å². The second-order valence-electron chi connectivity index (χ2n) is 10.8. The van der Waals surface area contributed by atoms with E-state index in [9.17, 15) is 23.9 Å². The smallest absolute Gasteiger partial charge is 0.410 e. The van der Waals surface area contributed by atoms with Crippen molar-refractivity contribution in [2.45, 2.75) is 83.1 Å². The minimum Gasteiger partial charge on any atom is -0.501 e. The zero-order valence-corrected chi connectivity index (χ0v) is 21.9. The fourth-order valence-corrected chi connectivity index (χ4v) is 5.17. The van der Waals surface area contributed by atoms with Crippen LogP contribution in [0.2, 0.25) is 0 Å². The standard InChI is InChI=1S/C27H34FN3O6/c1-6-18-20-13-14-27(15-36-20,30(5)25(35)37-26(2,3)4)24-29-21(22(33)23(34)31(18)24)19(32)12-9-16-7-10-17(28)11-8-16/h7-8,10-11,18,20,33H,6,9,12-15H2,1-5H3. The predicted octanol–water partition coefficient (Wildman–Crippen LogP) is 4.11. The number of aromatic hydroxyl groups is 1. The summed E-state index contributed by atoms with van der Waals surface area (Å²) in [5.41, 5.74) is -2.25. The Kier molecular flexibility index (Phi) is 7.16. The van der Waals surface area contributed by atoms with E-state index in [0.717, 1.165) is 5.56 Å². The summed E-state index contributed by atoms with van der Waals surface area (Å²) in [6.07, 6.45) is 0.869. The molecule has 3 aliphatic rings. The molecule has 3 atom stereocenters. The third-order valence-electron chi connectivity index (χ3n) is 7.19. The van der Waals surface area contributed by atoms with Crippen LogP contribution in [0, 0.1) is 5.82 Å². The van der Waals surface area contributed by atoms with Crippen LogP contribution < -0.4 is 5.56 Å². The predicted molar refractivity (Wildman–Crippen MR) is 133 cm³/mol. The highest BCUT2D eigenvalue weighted by Crippen LogP contribution is 2.45.